The fourth-order valence-corrected chi connectivity index (χ4v) is 1.78. The first kappa shape index (κ1) is 12.8. The number of alkyl carbamates (subject to hydrolysis) is 1. The molecule has 2 rings (SSSR count). The van der Waals surface area contributed by atoms with Gasteiger partial charge in [-0.3, -0.25) is 0 Å². The minimum Gasteiger partial charge on any atom is -0.460 e. The summed E-state index contributed by atoms with van der Waals surface area (Å²) in [7, 11) is 0. The van der Waals surface area contributed by atoms with Crippen molar-refractivity contribution in [3.8, 4) is 0 Å². The largest absolute Gasteiger partial charge is 0.460 e. The number of benzene rings is 1. The molecule has 1 atom stereocenters. The number of hydrogen-bond acceptors (Lipinski definition) is 4. The number of cyclic esters (lactones) is 1. The van der Waals surface area contributed by atoms with Crippen molar-refractivity contribution in [2.45, 2.75) is 6.04 Å². The summed E-state index contributed by atoms with van der Waals surface area (Å²) in [5, 5.41) is 2.47. The normalized spacial score (nSPS) is 18.1. The van der Waals surface area contributed by atoms with Gasteiger partial charge in [0.1, 0.15) is 25.1 Å². The summed E-state index contributed by atoms with van der Waals surface area (Å²) >= 11 is 2.98. The Labute approximate surface area is 110 Å². The highest BCUT2D eigenvalue weighted by Crippen LogP contribution is 2.17. The van der Waals surface area contributed by atoms with Crippen molar-refractivity contribution >= 4 is 28.0 Å². The van der Waals surface area contributed by atoms with Crippen molar-refractivity contribution in [3.05, 3.63) is 34.1 Å². The Morgan fingerprint density at radius 1 is 1.61 bits per heavy atom. The molecular formula is C11H9BrFNO4. The first-order valence-electron chi connectivity index (χ1n) is 5.12. The van der Waals surface area contributed by atoms with Crippen LogP contribution in [0.1, 0.15) is 10.4 Å². The molecule has 0 saturated carbocycles. The smallest absolute Gasteiger partial charge is 0.407 e. The van der Waals surface area contributed by atoms with Gasteiger partial charge in [-0.25, -0.2) is 14.0 Å². The van der Waals surface area contributed by atoms with Gasteiger partial charge in [0.15, 0.2) is 0 Å². The average molecular weight is 318 g/mol. The molecule has 18 heavy (non-hydrogen) atoms. The van der Waals surface area contributed by atoms with Crippen molar-refractivity contribution in [1.29, 1.82) is 0 Å². The van der Waals surface area contributed by atoms with Crippen molar-refractivity contribution in [1.82, 2.24) is 5.32 Å². The average Bonchev–Trinajstić information content (AvgIpc) is 2.75. The van der Waals surface area contributed by atoms with E-state index in [2.05, 4.69) is 26.0 Å². The van der Waals surface area contributed by atoms with Gasteiger partial charge in [-0.15, -0.1) is 0 Å². The molecule has 0 aliphatic carbocycles. The SMILES string of the molecule is O=C1N[C@@H](COC(=O)c2ccc(F)c(Br)c2)CO1. The molecule has 0 unspecified atom stereocenters. The van der Waals surface area contributed by atoms with Crippen LogP contribution in [-0.4, -0.2) is 31.3 Å². The number of rotatable bonds is 3. The summed E-state index contributed by atoms with van der Waals surface area (Å²) in [6.07, 6.45) is -0.527. The third-order valence-electron chi connectivity index (χ3n) is 2.31. The highest BCUT2D eigenvalue weighted by molar-refractivity contribution is 9.10. The zero-order chi connectivity index (χ0) is 13.1. The number of halogens is 2. The highest BCUT2D eigenvalue weighted by atomic mass is 79.9. The second kappa shape index (κ2) is 5.34. The van der Waals surface area contributed by atoms with Gasteiger partial charge in [0.05, 0.1) is 10.0 Å². The van der Waals surface area contributed by atoms with Gasteiger partial charge in [0.2, 0.25) is 0 Å². The Kier molecular flexibility index (Phi) is 3.81. The van der Waals surface area contributed by atoms with Crippen LogP contribution < -0.4 is 5.32 Å². The van der Waals surface area contributed by atoms with E-state index in [0.29, 0.717) is 0 Å². The summed E-state index contributed by atoms with van der Waals surface area (Å²) in [5.74, 6) is -1.04. The molecule has 96 valence electrons. The molecule has 0 spiro atoms. The fraction of sp³-hybridized carbons (Fsp3) is 0.273. The number of hydrogen-bond donors (Lipinski definition) is 1. The molecule has 1 aliphatic rings. The Hall–Kier alpha value is -1.63. The van der Waals surface area contributed by atoms with Crippen LogP contribution in [-0.2, 0) is 9.47 Å². The minimum atomic E-state index is -0.586. The molecule has 1 aromatic carbocycles. The first-order chi connectivity index (χ1) is 8.56. The van der Waals surface area contributed by atoms with Gasteiger partial charge < -0.3 is 14.8 Å². The van der Waals surface area contributed by atoms with Crippen molar-refractivity contribution in [3.63, 3.8) is 0 Å². The summed E-state index contributed by atoms with van der Waals surface area (Å²) in [5.41, 5.74) is 0.230. The van der Waals surface area contributed by atoms with E-state index < -0.39 is 17.9 Å². The van der Waals surface area contributed by atoms with Crippen LogP contribution in [0.4, 0.5) is 9.18 Å². The fourth-order valence-electron chi connectivity index (χ4n) is 1.40. The van der Waals surface area contributed by atoms with Crippen LogP contribution in [0.3, 0.4) is 0 Å². The van der Waals surface area contributed by atoms with E-state index in [4.69, 9.17) is 4.74 Å². The predicted octanol–water partition coefficient (Wildman–Crippen LogP) is 1.85. The number of amides is 1. The van der Waals surface area contributed by atoms with E-state index in [1.165, 1.54) is 18.2 Å². The summed E-state index contributed by atoms with van der Waals surface area (Å²) in [4.78, 5) is 22.4. The second-order valence-electron chi connectivity index (χ2n) is 3.67. The highest BCUT2D eigenvalue weighted by Gasteiger charge is 2.23. The van der Waals surface area contributed by atoms with E-state index in [9.17, 15) is 14.0 Å². The topological polar surface area (TPSA) is 64.6 Å². The summed E-state index contributed by atoms with van der Waals surface area (Å²) < 4.78 is 22.8. The van der Waals surface area contributed by atoms with E-state index >= 15 is 0 Å². The molecule has 0 radical (unpaired) electrons. The molecule has 1 aliphatic heterocycles. The maximum atomic E-state index is 13.0. The second-order valence-corrected chi connectivity index (χ2v) is 4.52. The lowest BCUT2D eigenvalue weighted by Crippen LogP contribution is -2.31. The van der Waals surface area contributed by atoms with Gasteiger partial charge in [-0.2, -0.15) is 0 Å². The van der Waals surface area contributed by atoms with Crippen LogP contribution >= 0.6 is 15.9 Å². The number of esters is 1. The van der Waals surface area contributed by atoms with Crippen molar-refractivity contribution in [2.24, 2.45) is 0 Å². The molecule has 1 saturated heterocycles. The molecule has 0 aromatic heterocycles. The number of nitrogens with one attached hydrogen (secondary N) is 1. The number of ether oxygens (including phenoxy) is 2. The number of carbonyl (C=O) groups is 2. The molecule has 1 fully saturated rings. The van der Waals surface area contributed by atoms with Crippen LogP contribution in [0.15, 0.2) is 22.7 Å². The van der Waals surface area contributed by atoms with Gasteiger partial charge in [-0.1, -0.05) is 0 Å². The van der Waals surface area contributed by atoms with E-state index in [0.717, 1.165) is 0 Å². The molecule has 5 nitrogen and oxygen atoms in total. The standard InChI is InChI=1S/C11H9BrFNO4/c12-8-3-6(1-2-9(8)13)10(15)17-4-7-5-18-11(16)14-7/h1-3,7H,4-5H2,(H,14,16)/t7-/m0/s1. The lowest BCUT2D eigenvalue weighted by molar-refractivity contribution is 0.0468. The monoisotopic (exact) mass is 317 g/mol. The van der Waals surface area contributed by atoms with Crippen LogP contribution in [0, 0.1) is 5.82 Å². The maximum Gasteiger partial charge on any atom is 0.407 e. The van der Waals surface area contributed by atoms with Crippen molar-refractivity contribution < 1.29 is 23.5 Å². The maximum absolute atomic E-state index is 13.0. The van der Waals surface area contributed by atoms with Crippen LogP contribution in [0.2, 0.25) is 0 Å². The van der Waals surface area contributed by atoms with Crippen molar-refractivity contribution in [2.75, 3.05) is 13.2 Å². The Bertz CT molecular complexity index is 494. The third kappa shape index (κ3) is 2.98. The molecule has 1 amide bonds. The number of carbonyl (C=O) groups excluding carboxylic acids is 2. The van der Waals surface area contributed by atoms with Gasteiger partial charge in [-0.05, 0) is 34.1 Å². The lowest BCUT2D eigenvalue weighted by atomic mass is 10.2. The summed E-state index contributed by atoms with van der Waals surface area (Å²) in [6, 6.07) is 3.49. The Balaban J connectivity index is 1.91. The minimum absolute atomic E-state index is 0.0135. The summed E-state index contributed by atoms with van der Waals surface area (Å²) in [6.45, 7) is 0.179. The lowest BCUT2D eigenvalue weighted by Gasteiger charge is -2.08. The third-order valence-corrected chi connectivity index (χ3v) is 2.92. The van der Waals surface area contributed by atoms with Gasteiger partial charge >= 0.3 is 12.1 Å². The quantitative estimate of drug-likeness (QED) is 0.864. The van der Waals surface area contributed by atoms with Crippen LogP contribution in [0.5, 0.6) is 0 Å². The molecule has 1 aromatic rings. The Morgan fingerprint density at radius 3 is 3.00 bits per heavy atom. The van der Waals surface area contributed by atoms with E-state index in [1.54, 1.807) is 0 Å². The molecule has 1 heterocycles. The zero-order valence-electron chi connectivity index (χ0n) is 9.11. The predicted molar refractivity (Wildman–Crippen MR) is 62.7 cm³/mol. The molecule has 0 bridgehead atoms. The zero-order valence-corrected chi connectivity index (χ0v) is 10.7. The molecule has 7 heteroatoms. The van der Waals surface area contributed by atoms with Gasteiger partial charge in [0, 0.05) is 0 Å². The van der Waals surface area contributed by atoms with E-state index in [-0.39, 0.29) is 29.3 Å². The molecule has 1 N–H and O–H groups in total. The Morgan fingerprint density at radius 2 is 2.39 bits per heavy atom. The van der Waals surface area contributed by atoms with E-state index in [1.807, 2.05) is 0 Å². The van der Waals surface area contributed by atoms with Crippen LogP contribution in [0.25, 0.3) is 0 Å². The first-order valence-corrected chi connectivity index (χ1v) is 5.91. The molecular weight excluding hydrogens is 309 g/mol. The van der Waals surface area contributed by atoms with Gasteiger partial charge in [0.25, 0.3) is 0 Å².